The zero-order valence-electron chi connectivity index (χ0n) is 14.5. The molecule has 0 saturated carbocycles. The normalized spacial score (nSPS) is 10.4. The molecular formula is C19H18Cl4O3S. The van der Waals surface area contributed by atoms with E-state index in [9.17, 15) is 0 Å². The summed E-state index contributed by atoms with van der Waals surface area (Å²) in [7, 11) is 1.65. The molecule has 8 heteroatoms. The lowest BCUT2D eigenvalue weighted by Gasteiger charge is -2.12. The lowest BCUT2D eigenvalue weighted by Crippen LogP contribution is -2.01. The molecule has 0 N–H and O–H groups in total. The zero-order valence-corrected chi connectivity index (χ0v) is 18.4. The van der Waals surface area contributed by atoms with E-state index in [1.54, 1.807) is 31.0 Å². The van der Waals surface area contributed by atoms with Gasteiger partial charge in [0.15, 0.2) is 5.75 Å². The Labute approximate surface area is 183 Å². The van der Waals surface area contributed by atoms with Crippen molar-refractivity contribution in [3.63, 3.8) is 0 Å². The SMILES string of the molecule is COc1ccc(SCCCOc2c(Cl)cc(OCC=C(Cl)Cl)cc2Cl)cc1. The molecule has 3 nitrogen and oxygen atoms in total. The van der Waals surface area contributed by atoms with Gasteiger partial charge in [-0.2, -0.15) is 0 Å². The summed E-state index contributed by atoms with van der Waals surface area (Å²) < 4.78 is 16.5. The van der Waals surface area contributed by atoms with E-state index < -0.39 is 0 Å². The fourth-order valence-electron chi connectivity index (χ4n) is 2.05. The van der Waals surface area contributed by atoms with Gasteiger partial charge in [0.2, 0.25) is 0 Å². The van der Waals surface area contributed by atoms with Crippen LogP contribution in [0.5, 0.6) is 17.2 Å². The Morgan fingerprint density at radius 2 is 1.67 bits per heavy atom. The van der Waals surface area contributed by atoms with E-state index in [0.29, 0.717) is 28.2 Å². The number of ether oxygens (including phenoxy) is 3. The van der Waals surface area contributed by atoms with Crippen LogP contribution < -0.4 is 14.2 Å². The Balaban J connectivity index is 1.78. The number of rotatable bonds is 10. The monoisotopic (exact) mass is 466 g/mol. The van der Waals surface area contributed by atoms with Crippen LogP contribution in [0.2, 0.25) is 10.0 Å². The topological polar surface area (TPSA) is 27.7 Å². The zero-order chi connectivity index (χ0) is 19.6. The maximum atomic E-state index is 6.24. The van der Waals surface area contributed by atoms with Gasteiger partial charge in [0.25, 0.3) is 0 Å². The van der Waals surface area contributed by atoms with Gasteiger partial charge in [0.1, 0.15) is 22.6 Å². The van der Waals surface area contributed by atoms with Crippen molar-refractivity contribution in [2.75, 3.05) is 26.1 Å². The van der Waals surface area contributed by atoms with Crippen LogP contribution in [0.25, 0.3) is 0 Å². The van der Waals surface area contributed by atoms with Gasteiger partial charge in [-0.25, -0.2) is 0 Å². The van der Waals surface area contributed by atoms with Crippen molar-refractivity contribution in [1.29, 1.82) is 0 Å². The minimum Gasteiger partial charge on any atom is -0.497 e. The van der Waals surface area contributed by atoms with Crippen molar-refractivity contribution in [2.45, 2.75) is 11.3 Å². The van der Waals surface area contributed by atoms with E-state index in [0.717, 1.165) is 17.9 Å². The van der Waals surface area contributed by atoms with Gasteiger partial charge in [-0.3, -0.25) is 0 Å². The molecule has 27 heavy (non-hydrogen) atoms. The molecule has 0 radical (unpaired) electrons. The summed E-state index contributed by atoms with van der Waals surface area (Å²) in [5, 5.41) is 0.780. The molecule has 2 aromatic carbocycles. The van der Waals surface area contributed by atoms with Crippen LogP contribution in [0, 0.1) is 0 Å². The summed E-state index contributed by atoms with van der Waals surface area (Å²) in [6, 6.07) is 11.2. The molecule has 0 saturated heterocycles. The second-order valence-corrected chi connectivity index (χ2v) is 8.24. The minimum atomic E-state index is 0.139. The summed E-state index contributed by atoms with van der Waals surface area (Å²) in [5.41, 5.74) is 0. The number of hydrogen-bond acceptors (Lipinski definition) is 4. The average Bonchev–Trinajstić information content (AvgIpc) is 2.63. The summed E-state index contributed by atoms with van der Waals surface area (Å²) in [5.74, 6) is 2.72. The van der Waals surface area contributed by atoms with Crippen LogP contribution >= 0.6 is 58.2 Å². The number of benzene rings is 2. The van der Waals surface area contributed by atoms with Crippen molar-refractivity contribution in [3.8, 4) is 17.2 Å². The van der Waals surface area contributed by atoms with Crippen LogP contribution in [0.15, 0.2) is 51.9 Å². The predicted molar refractivity (Wildman–Crippen MR) is 116 cm³/mol. The third-order valence-corrected chi connectivity index (χ3v) is 5.29. The van der Waals surface area contributed by atoms with Crippen molar-refractivity contribution in [2.24, 2.45) is 0 Å². The van der Waals surface area contributed by atoms with E-state index in [1.807, 2.05) is 24.3 Å². The fraction of sp³-hybridized carbons (Fsp3) is 0.263. The first kappa shape index (κ1) is 22.4. The fourth-order valence-corrected chi connectivity index (χ4v) is 3.58. The number of hydrogen-bond donors (Lipinski definition) is 0. The summed E-state index contributed by atoms with van der Waals surface area (Å²) in [4.78, 5) is 1.18. The first-order valence-corrected chi connectivity index (χ1v) is 10.5. The molecule has 146 valence electrons. The van der Waals surface area contributed by atoms with Crippen molar-refractivity contribution in [3.05, 3.63) is 57.0 Å². The van der Waals surface area contributed by atoms with Gasteiger partial charge in [-0.05, 0) is 36.8 Å². The van der Waals surface area contributed by atoms with E-state index in [-0.39, 0.29) is 11.1 Å². The first-order valence-electron chi connectivity index (χ1n) is 8.02. The van der Waals surface area contributed by atoms with Gasteiger partial charge < -0.3 is 14.2 Å². The van der Waals surface area contributed by atoms with Crippen LogP contribution in [-0.2, 0) is 0 Å². The van der Waals surface area contributed by atoms with Crippen LogP contribution in [0.3, 0.4) is 0 Å². The highest BCUT2D eigenvalue weighted by Gasteiger charge is 2.10. The molecule has 2 rings (SSSR count). The standard InChI is InChI=1S/C19H18Cl4O3S/c1-24-13-3-5-15(6-4-13)27-10-2-8-26-19-16(20)11-14(12-17(19)21)25-9-7-18(22)23/h3-7,11-12H,2,8-10H2,1H3. The predicted octanol–water partition coefficient (Wildman–Crippen LogP) is 7.26. The molecule has 0 bridgehead atoms. The molecule has 0 fully saturated rings. The molecule has 0 unspecified atom stereocenters. The Bertz CT molecular complexity index is 739. The second-order valence-electron chi connectivity index (χ2n) is 5.25. The third-order valence-electron chi connectivity index (χ3n) is 3.32. The van der Waals surface area contributed by atoms with Crippen LogP contribution in [-0.4, -0.2) is 26.1 Å². The molecule has 2 aromatic rings. The highest BCUT2D eigenvalue weighted by molar-refractivity contribution is 7.99. The van der Waals surface area contributed by atoms with E-state index in [4.69, 9.17) is 60.6 Å². The van der Waals surface area contributed by atoms with E-state index in [2.05, 4.69) is 0 Å². The van der Waals surface area contributed by atoms with E-state index >= 15 is 0 Å². The van der Waals surface area contributed by atoms with Gasteiger partial charge in [-0.1, -0.05) is 46.4 Å². The maximum absolute atomic E-state index is 6.24. The smallest absolute Gasteiger partial charge is 0.156 e. The Morgan fingerprint density at radius 3 is 2.26 bits per heavy atom. The molecule has 0 aliphatic heterocycles. The van der Waals surface area contributed by atoms with Crippen LogP contribution in [0.1, 0.15) is 6.42 Å². The molecule has 0 aliphatic carbocycles. The highest BCUT2D eigenvalue weighted by atomic mass is 35.5. The average molecular weight is 468 g/mol. The molecule has 0 heterocycles. The van der Waals surface area contributed by atoms with Crippen molar-refractivity contribution in [1.82, 2.24) is 0 Å². The lowest BCUT2D eigenvalue weighted by atomic mass is 10.3. The number of thioether (sulfide) groups is 1. The van der Waals surface area contributed by atoms with Crippen LogP contribution in [0.4, 0.5) is 0 Å². The Morgan fingerprint density at radius 1 is 1.00 bits per heavy atom. The molecule has 0 atom stereocenters. The third kappa shape index (κ3) is 7.92. The highest BCUT2D eigenvalue weighted by Crippen LogP contribution is 2.37. The lowest BCUT2D eigenvalue weighted by molar-refractivity contribution is 0.317. The summed E-state index contributed by atoms with van der Waals surface area (Å²) >= 11 is 25.3. The molecule has 0 spiro atoms. The number of methoxy groups -OCH3 is 1. The minimum absolute atomic E-state index is 0.139. The summed E-state index contributed by atoms with van der Waals surface area (Å²) in [6.45, 7) is 0.727. The summed E-state index contributed by atoms with van der Waals surface area (Å²) in [6.07, 6.45) is 2.37. The van der Waals surface area contributed by atoms with Gasteiger partial charge in [0.05, 0.1) is 23.8 Å². The van der Waals surface area contributed by atoms with Gasteiger partial charge in [0, 0.05) is 22.8 Å². The van der Waals surface area contributed by atoms with Gasteiger partial charge in [-0.15, -0.1) is 11.8 Å². The molecule has 0 amide bonds. The molecule has 0 aliphatic rings. The van der Waals surface area contributed by atoms with E-state index in [1.165, 1.54) is 11.0 Å². The van der Waals surface area contributed by atoms with Crippen molar-refractivity contribution < 1.29 is 14.2 Å². The van der Waals surface area contributed by atoms with Gasteiger partial charge >= 0.3 is 0 Å². The first-order chi connectivity index (χ1) is 13.0. The molecule has 0 aromatic heterocycles. The second kappa shape index (κ2) is 11.8. The quantitative estimate of drug-likeness (QED) is 0.271. The Hall–Kier alpha value is -0.910. The number of halogens is 4. The Kier molecular flexibility index (Phi) is 9.80. The van der Waals surface area contributed by atoms with Crippen molar-refractivity contribution >= 4 is 58.2 Å². The maximum Gasteiger partial charge on any atom is 0.156 e. The molecular weight excluding hydrogens is 450 g/mol. The largest absolute Gasteiger partial charge is 0.497 e.